The first-order valence-corrected chi connectivity index (χ1v) is 18.5. The number of halogens is 1. The van der Waals surface area contributed by atoms with E-state index in [1.807, 2.05) is 13.0 Å². The van der Waals surface area contributed by atoms with Crippen molar-refractivity contribution in [2.75, 3.05) is 33.5 Å². The predicted octanol–water partition coefficient (Wildman–Crippen LogP) is 5.03. The Hall–Kier alpha value is -5.16. The van der Waals surface area contributed by atoms with Crippen LogP contribution in [0.3, 0.4) is 0 Å². The van der Waals surface area contributed by atoms with Crippen molar-refractivity contribution in [2.45, 2.75) is 40.3 Å². The smallest absolute Gasteiger partial charge is 0.343 e. The van der Waals surface area contributed by atoms with Gasteiger partial charge in [-0.2, -0.15) is 0 Å². The van der Waals surface area contributed by atoms with Crippen LogP contribution in [-0.4, -0.2) is 61.1 Å². The number of carboxylic acids is 1. The topological polar surface area (TPSA) is 161 Å². The number of fused-ring (bicyclic) bond motifs is 1. The lowest BCUT2D eigenvalue weighted by atomic mass is 9.95. The van der Waals surface area contributed by atoms with Gasteiger partial charge in [0.1, 0.15) is 6.61 Å². The lowest BCUT2D eigenvalue weighted by Crippen LogP contribution is -2.40. The first kappa shape index (κ1) is 39.1. The molecule has 0 spiro atoms. The second-order valence-corrected chi connectivity index (χ2v) is 13.5. The van der Waals surface area contributed by atoms with Gasteiger partial charge in [0, 0.05) is 0 Å². The van der Waals surface area contributed by atoms with Crippen molar-refractivity contribution in [2.24, 2.45) is 4.99 Å². The number of hydrogen-bond acceptors (Lipinski definition) is 12. The molecule has 1 N–H and O–H groups in total. The Labute approximate surface area is 322 Å². The van der Waals surface area contributed by atoms with E-state index in [2.05, 4.69) is 32.3 Å². The highest BCUT2D eigenvalue weighted by molar-refractivity contribution is 14.1. The standard InChI is InChI=1S/C38H37IN2O11S/c1-6-48-28-18-25(13-14-27(28)51-20-31(42)47-5)33-32(37(46)50-8-3)21(4)40-38-41(33)35(43)30(53-38)17-23-15-26(39)34(29(16-23)49-7-2)52-19-22-9-11-24(12-10-22)36(44)45/h9-18,33H,6-8,19-20H2,1-5H3,(H,44,45)/b30-17-/t33-/m1/s1. The maximum absolute atomic E-state index is 14.3. The van der Waals surface area contributed by atoms with E-state index >= 15 is 0 Å². The summed E-state index contributed by atoms with van der Waals surface area (Å²) in [7, 11) is 1.26. The van der Waals surface area contributed by atoms with E-state index in [0.717, 1.165) is 9.13 Å². The third-order valence-electron chi connectivity index (χ3n) is 7.89. The molecule has 0 bridgehead atoms. The number of rotatable bonds is 15. The number of hydrogen-bond donors (Lipinski definition) is 1. The SMILES string of the molecule is CCOC(=O)C1=C(C)N=c2s/c(=C\c3cc(I)c(OCc4ccc(C(=O)O)cc4)c(OCC)c3)c(=O)n2[C@@H]1c1ccc(OCC(=O)OC)c(OCC)c1. The molecule has 1 aliphatic heterocycles. The monoisotopic (exact) mass is 856 g/mol. The van der Waals surface area contributed by atoms with Gasteiger partial charge in [-0.1, -0.05) is 29.5 Å². The highest BCUT2D eigenvalue weighted by Crippen LogP contribution is 2.37. The van der Waals surface area contributed by atoms with Crippen LogP contribution in [0.5, 0.6) is 23.0 Å². The highest BCUT2D eigenvalue weighted by atomic mass is 127. The second-order valence-electron chi connectivity index (χ2n) is 11.4. The number of nitrogens with zero attached hydrogens (tertiary/aromatic N) is 2. The summed E-state index contributed by atoms with van der Waals surface area (Å²) in [5.74, 6) is -0.610. The maximum Gasteiger partial charge on any atom is 0.343 e. The fraction of sp³-hybridized carbons (Fsp3) is 0.289. The first-order chi connectivity index (χ1) is 25.5. The first-order valence-electron chi connectivity index (χ1n) is 16.6. The van der Waals surface area contributed by atoms with Crippen molar-refractivity contribution < 1.29 is 47.9 Å². The Morgan fingerprint density at radius 3 is 2.30 bits per heavy atom. The molecule has 2 heterocycles. The van der Waals surface area contributed by atoms with Gasteiger partial charge in [-0.3, -0.25) is 9.36 Å². The van der Waals surface area contributed by atoms with Gasteiger partial charge in [-0.05, 0) is 109 Å². The van der Waals surface area contributed by atoms with Crippen LogP contribution in [0.1, 0.15) is 60.8 Å². The third-order valence-corrected chi connectivity index (χ3v) is 9.67. The quantitative estimate of drug-likeness (QED) is 0.126. The van der Waals surface area contributed by atoms with Crippen LogP contribution in [0.15, 0.2) is 75.7 Å². The lowest BCUT2D eigenvalue weighted by Gasteiger charge is -2.25. The number of carbonyl (C=O) groups is 3. The summed E-state index contributed by atoms with van der Waals surface area (Å²) in [6.45, 7) is 7.65. The van der Waals surface area contributed by atoms with Crippen molar-refractivity contribution in [3.05, 3.63) is 111 Å². The average molecular weight is 857 g/mol. The fourth-order valence-corrected chi connectivity index (χ4v) is 7.34. The molecule has 1 atom stereocenters. The third kappa shape index (κ3) is 8.90. The summed E-state index contributed by atoms with van der Waals surface area (Å²) in [6.07, 6.45) is 1.73. The van der Waals surface area contributed by atoms with Crippen LogP contribution >= 0.6 is 33.9 Å². The van der Waals surface area contributed by atoms with Gasteiger partial charge < -0.3 is 33.5 Å². The van der Waals surface area contributed by atoms with E-state index in [1.165, 1.54) is 35.1 Å². The maximum atomic E-state index is 14.3. The van der Waals surface area contributed by atoms with Gasteiger partial charge in [-0.25, -0.2) is 19.4 Å². The Balaban J connectivity index is 1.57. The van der Waals surface area contributed by atoms with Crippen LogP contribution in [0.25, 0.3) is 6.08 Å². The number of benzene rings is 3. The predicted molar refractivity (Wildman–Crippen MR) is 204 cm³/mol. The van der Waals surface area contributed by atoms with Crippen LogP contribution in [0, 0.1) is 3.57 Å². The normalized spacial score (nSPS) is 13.8. The molecule has 0 unspecified atom stereocenters. The number of aromatic carboxylic acids is 1. The van der Waals surface area contributed by atoms with Crippen molar-refractivity contribution in [1.82, 2.24) is 4.57 Å². The van der Waals surface area contributed by atoms with Crippen molar-refractivity contribution in [3.63, 3.8) is 0 Å². The molecular weight excluding hydrogens is 819 g/mol. The zero-order chi connectivity index (χ0) is 38.2. The Morgan fingerprint density at radius 1 is 0.925 bits per heavy atom. The largest absolute Gasteiger partial charge is 0.490 e. The van der Waals surface area contributed by atoms with Crippen LogP contribution in [0.2, 0.25) is 0 Å². The molecule has 15 heteroatoms. The van der Waals surface area contributed by atoms with Crippen LogP contribution < -0.4 is 33.8 Å². The minimum Gasteiger partial charge on any atom is -0.490 e. The van der Waals surface area contributed by atoms with E-state index in [-0.39, 0.29) is 48.9 Å². The molecule has 0 radical (unpaired) electrons. The molecule has 3 aromatic carbocycles. The Morgan fingerprint density at radius 2 is 1.64 bits per heavy atom. The molecule has 278 valence electrons. The average Bonchev–Trinajstić information content (AvgIpc) is 3.43. The molecule has 4 aromatic rings. The summed E-state index contributed by atoms with van der Waals surface area (Å²) in [6, 6.07) is 14.1. The van der Waals surface area contributed by atoms with Crippen molar-refractivity contribution in [3.8, 4) is 23.0 Å². The summed E-state index contributed by atoms with van der Waals surface area (Å²) in [5, 5.41) is 9.20. The summed E-state index contributed by atoms with van der Waals surface area (Å²) < 4.78 is 36.2. The minimum atomic E-state index is -1.01. The molecule has 13 nitrogen and oxygen atoms in total. The molecule has 53 heavy (non-hydrogen) atoms. The summed E-state index contributed by atoms with van der Waals surface area (Å²) >= 11 is 3.32. The van der Waals surface area contributed by atoms with Gasteiger partial charge >= 0.3 is 17.9 Å². The lowest BCUT2D eigenvalue weighted by molar-refractivity contribution is -0.143. The summed E-state index contributed by atoms with van der Waals surface area (Å²) in [5.41, 5.74) is 2.39. The van der Waals surface area contributed by atoms with Crippen molar-refractivity contribution >= 4 is 57.9 Å². The van der Waals surface area contributed by atoms with E-state index in [4.69, 9.17) is 23.7 Å². The number of methoxy groups -OCH3 is 1. The van der Waals surface area contributed by atoms with E-state index in [0.29, 0.717) is 50.0 Å². The van der Waals surface area contributed by atoms with Gasteiger partial charge in [0.05, 0.1) is 57.9 Å². The molecule has 1 aliphatic rings. The number of carboxylic acid groups (broad SMARTS) is 1. The van der Waals surface area contributed by atoms with Gasteiger partial charge in [0.15, 0.2) is 34.4 Å². The van der Waals surface area contributed by atoms with Gasteiger partial charge in [0.2, 0.25) is 0 Å². The second kappa shape index (κ2) is 17.6. The number of aromatic nitrogens is 1. The van der Waals surface area contributed by atoms with Crippen molar-refractivity contribution in [1.29, 1.82) is 0 Å². The molecule has 0 fully saturated rings. The number of esters is 2. The van der Waals surface area contributed by atoms with E-state index in [9.17, 15) is 24.3 Å². The van der Waals surface area contributed by atoms with E-state index in [1.54, 1.807) is 63.2 Å². The zero-order valence-corrected chi connectivity index (χ0v) is 32.6. The molecule has 0 aliphatic carbocycles. The molecule has 0 saturated carbocycles. The minimum absolute atomic E-state index is 0.120. The Kier molecular flexibility index (Phi) is 12.9. The Bertz CT molecular complexity index is 2240. The highest BCUT2D eigenvalue weighted by Gasteiger charge is 2.34. The number of thiazole rings is 1. The molecule has 5 rings (SSSR count). The number of carbonyl (C=O) groups excluding carboxylic acids is 2. The molecule has 1 aromatic heterocycles. The fourth-order valence-electron chi connectivity index (χ4n) is 5.51. The summed E-state index contributed by atoms with van der Waals surface area (Å²) in [4.78, 5) is 55.8. The number of allylic oxidation sites excluding steroid dienone is 1. The van der Waals surface area contributed by atoms with Crippen LogP contribution in [-0.2, 0) is 25.7 Å². The van der Waals surface area contributed by atoms with Gasteiger partial charge in [-0.15, -0.1) is 0 Å². The van der Waals surface area contributed by atoms with E-state index < -0.39 is 23.9 Å². The molecule has 0 saturated heterocycles. The molecular formula is C38H37IN2O11S. The number of ether oxygens (including phenoxy) is 6. The van der Waals surface area contributed by atoms with Gasteiger partial charge in [0.25, 0.3) is 5.56 Å². The zero-order valence-electron chi connectivity index (χ0n) is 29.6. The molecule has 0 amide bonds. The van der Waals surface area contributed by atoms with Crippen LogP contribution in [0.4, 0.5) is 0 Å².